The van der Waals surface area contributed by atoms with E-state index in [-0.39, 0.29) is 13.4 Å². The Kier molecular flexibility index (Phi) is 5.82. The van der Waals surface area contributed by atoms with E-state index in [1.165, 1.54) is 0 Å². The normalized spacial score (nSPS) is 12.2. The lowest BCUT2D eigenvalue weighted by Gasteiger charge is -2.12. The third-order valence-electron chi connectivity index (χ3n) is 3.56. The molecule has 0 saturated carbocycles. The average Bonchev–Trinajstić information content (AvgIpc) is 3.04. The summed E-state index contributed by atoms with van der Waals surface area (Å²) in [5.41, 5.74) is 0.989. The van der Waals surface area contributed by atoms with Gasteiger partial charge in [0.2, 0.25) is 6.79 Å². The van der Waals surface area contributed by atoms with Gasteiger partial charge in [0.1, 0.15) is 11.5 Å². The van der Waals surface area contributed by atoms with Gasteiger partial charge in [-0.15, -0.1) is 0 Å². The first-order chi connectivity index (χ1) is 11.8. The van der Waals surface area contributed by atoms with Crippen molar-refractivity contribution in [1.29, 1.82) is 0 Å². The lowest BCUT2D eigenvalue weighted by molar-refractivity contribution is 0.173. The van der Waals surface area contributed by atoms with Crippen molar-refractivity contribution in [2.45, 2.75) is 12.8 Å². The Morgan fingerprint density at radius 2 is 1.83 bits per heavy atom. The summed E-state index contributed by atoms with van der Waals surface area (Å²) < 4.78 is 23.1. The number of halogens is 1. The van der Waals surface area contributed by atoms with Crippen LogP contribution in [0.1, 0.15) is 12.0 Å². The Balaban J connectivity index is 1.44. The van der Waals surface area contributed by atoms with E-state index in [0.29, 0.717) is 25.4 Å². The van der Waals surface area contributed by atoms with Gasteiger partial charge in [0.05, 0.1) is 13.2 Å². The molecule has 0 bridgehead atoms. The van der Waals surface area contributed by atoms with Crippen LogP contribution in [0.25, 0.3) is 0 Å². The molecule has 6 heteroatoms. The third-order valence-corrected chi connectivity index (χ3v) is 4.06. The van der Waals surface area contributed by atoms with Crippen LogP contribution in [0.4, 0.5) is 0 Å². The van der Waals surface area contributed by atoms with Crippen LogP contribution in [0, 0.1) is 0 Å². The molecule has 2 aromatic rings. The predicted octanol–water partition coefficient (Wildman–Crippen LogP) is 3.56. The molecule has 0 radical (unpaired) electrons. The maximum absolute atomic E-state index is 9.13. The minimum absolute atomic E-state index is 0.0973. The van der Waals surface area contributed by atoms with Gasteiger partial charge in [-0.25, -0.2) is 0 Å². The molecule has 3 rings (SSSR count). The van der Waals surface area contributed by atoms with Crippen LogP contribution >= 0.6 is 15.9 Å². The molecule has 2 aromatic carbocycles. The van der Waals surface area contributed by atoms with Crippen molar-refractivity contribution >= 4 is 15.9 Å². The Bertz CT molecular complexity index is 689. The highest BCUT2D eigenvalue weighted by molar-refractivity contribution is 9.10. The summed E-state index contributed by atoms with van der Waals surface area (Å²) in [6.45, 7) is 1.45. The van der Waals surface area contributed by atoms with E-state index in [1.807, 2.05) is 36.4 Å². The molecule has 0 aliphatic carbocycles. The number of benzene rings is 2. The first-order valence-corrected chi connectivity index (χ1v) is 8.60. The van der Waals surface area contributed by atoms with Crippen LogP contribution in [-0.4, -0.2) is 31.7 Å². The SMILES string of the molecule is OCCc1cc(Br)ccc1OCCCOc1ccc2c(c1)OCO2. The van der Waals surface area contributed by atoms with E-state index in [1.54, 1.807) is 0 Å². The summed E-state index contributed by atoms with van der Waals surface area (Å²) in [5, 5.41) is 9.13. The van der Waals surface area contributed by atoms with Gasteiger partial charge in [0.15, 0.2) is 11.5 Å². The highest BCUT2D eigenvalue weighted by atomic mass is 79.9. The number of hydrogen-bond acceptors (Lipinski definition) is 5. The smallest absolute Gasteiger partial charge is 0.231 e. The highest BCUT2D eigenvalue weighted by Gasteiger charge is 2.13. The van der Waals surface area contributed by atoms with Crippen molar-refractivity contribution < 1.29 is 24.1 Å². The van der Waals surface area contributed by atoms with Crippen molar-refractivity contribution in [2.75, 3.05) is 26.6 Å². The molecule has 0 fully saturated rings. The quantitative estimate of drug-likeness (QED) is 0.693. The van der Waals surface area contributed by atoms with E-state index < -0.39 is 0 Å². The fourth-order valence-corrected chi connectivity index (χ4v) is 2.81. The lowest BCUT2D eigenvalue weighted by Crippen LogP contribution is -2.06. The number of hydrogen-bond donors (Lipinski definition) is 1. The van der Waals surface area contributed by atoms with Crippen LogP contribution in [0.15, 0.2) is 40.9 Å². The molecular formula is C18H19BrO5. The highest BCUT2D eigenvalue weighted by Crippen LogP contribution is 2.35. The molecule has 0 atom stereocenters. The van der Waals surface area contributed by atoms with E-state index in [9.17, 15) is 0 Å². The van der Waals surface area contributed by atoms with Gasteiger partial charge in [-0.05, 0) is 42.3 Å². The molecule has 1 aliphatic heterocycles. The molecular weight excluding hydrogens is 376 g/mol. The summed E-state index contributed by atoms with van der Waals surface area (Å²) in [4.78, 5) is 0. The minimum atomic E-state index is 0.0973. The molecule has 24 heavy (non-hydrogen) atoms. The van der Waals surface area contributed by atoms with Gasteiger partial charge in [-0.1, -0.05) is 15.9 Å². The van der Waals surface area contributed by atoms with Gasteiger partial charge in [-0.3, -0.25) is 0 Å². The monoisotopic (exact) mass is 394 g/mol. The van der Waals surface area contributed by atoms with Crippen molar-refractivity contribution in [3.05, 3.63) is 46.4 Å². The number of aliphatic hydroxyl groups is 1. The first-order valence-electron chi connectivity index (χ1n) is 7.81. The summed E-state index contributed by atoms with van der Waals surface area (Å²) in [6, 6.07) is 11.3. The molecule has 0 unspecified atom stereocenters. The second-order valence-electron chi connectivity index (χ2n) is 5.29. The van der Waals surface area contributed by atoms with Gasteiger partial charge >= 0.3 is 0 Å². The Hall–Kier alpha value is -1.92. The molecule has 0 spiro atoms. The summed E-state index contributed by atoms with van der Waals surface area (Å²) in [6.07, 6.45) is 1.32. The molecule has 0 aromatic heterocycles. The Labute approximate surface area is 149 Å². The van der Waals surface area contributed by atoms with E-state index in [4.69, 9.17) is 24.1 Å². The zero-order valence-electron chi connectivity index (χ0n) is 13.2. The lowest BCUT2D eigenvalue weighted by atomic mass is 10.1. The summed E-state index contributed by atoms with van der Waals surface area (Å²) in [7, 11) is 0. The number of fused-ring (bicyclic) bond motifs is 1. The Morgan fingerprint density at radius 3 is 2.71 bits per heavy atom. The van der Waals surface area contributed by atoms with Gasteiger partial charge in [-0.2, -0.15) is 0 Å². The first kappa shape index (κ1) is 16.9. The second kappa shape index (κ2) is 8.26. The average molecular weight is 395 g/mol. The van der Waals surface area contributed by atoms with Crippen molar-refractivity contribution in [2.24, 2.45) is 0 Å². The van der Waals surface area contributed by atoms with E-state index in [2.05, 4.69) is 15.9 Å². The predicted molar refractivity (Wildman–Crippen MR) is 93.1 cm³/mol. The molecule has 0 saturated heterocycles. The molecule has 128 valence electrons. The molecule has 5 nitrogen and oxygen atoms in total. The zero-order chi connectivity index (χ0) is 16.8. The molecule has 0 amide bonds. The standard InChI is InChI=1S/C18H19BrO5/c19-14-2-4-16(13(10-14)6-7-20)22-9-1-8-21-15-3-5-17-18(11-15)24-12-23-17/h2-5,10-11,20H,1,6-9,12H2. The summed E-state index contributed by atoms with van der Waals surface area (Å²) >= 11 is 3.43. The van der Waals surface area contributed by atoms with E-state index in [0.717, 1.165) is 33.7 Å². The summed E-state index contributed by atoms with van der Waals surface area (Å²) in [5.74, 6) is 3.02. The Morgan fingerprint density at radius 1 is 1.00 bits per heavy atom. The fourth-order valence-electron chi connectivity index (χ4n) is 2.40. The number of ether oxygens (including phenoxy) is 4. The van der Waals surface area contributed by atoms with E-state index >= 15 is 0 Å². The van der Waals surface area contributed by atoms with Gasteiger partial charge < -0.3 is 24.1 Å². The molecule has 1 N–H and O–H groups in total. The van der Waals surface area contributed by atoms with Crippen molar-refractivity contribution in [3.8, 4) is 23.0 Å². The van der Waals surface area contributed by atoms with Gasteiger partial charge in [0, 0.05) is 23.6 Å². The van der Waals surface area contributed by atoms with Crippen LogP contribution in [0.2, 0.25) is 0 Å². The third kappa shape index (κ3) is 4.33. The largest absolute Gasteiger partial charge is 0.493 e. The minimum Gasteiger partial charge on any atom is -0.493 e. The molecule has 1 aliphatic rings. The van der Waals surface area contributed by atoms with Crippen molar-refractivity contribution in [3.63, 3.8) is 0 Å². The second-order valence-corrected chi connectivity index (χ2v) is 6.21. The fraction of sp³-hybridized carbons (Fsp3) is 0.333. The zero-order valence-corrected chi connectivity index (χ0v) is 14.8. The maximum Gasteiger partial charge on any atom is 0.231 e. The number of rotatable bonds is 8. The number of aliphatic hydroxyl groups excluding tert-OH is 1. The van der Waals surface area contributed by atoms with Crippen LogP contribution in [-0.2, 0) is 6.42 Å². The topological polar surface area (TPSA) is 57.2 Å². The van der Waals surface area contributed by atoms with Crippen LogP contribution in [0.5, 0.6) is 23.0 Å². The molecule has 1 heterocycles. The van der Waals surface area contributed by atoms with Crippen LogP contribution < -0.4 is 18.9 Å². The van der Waals surface area contributed by atoms with Crippen molar-refractivity contribution in [1.82, 2.24) is 0 Å². The van der Waals surface area contributed by atoms with Gasteiger partial charge in [0.25, 0.3) is 0 Å². The van der Waals surface area contributed by atoms with Crippen LogP contribution in [0.3, 0.4) is 0 Å². The maximum atomic E-state index is 9.13.